The summed E-state index contributed by atoms with van der Waals surface area (Å²) in [5.41, 5.74) is 8.94. The number of rotatable bonds is 28. The van der Waals surface area contributed by atoms with Crippen molar-refractivity contribution < 1.29 is 57.4 Å². The van der Waals surface area contributed by atoms with Gasteiger partial charge in [0, 0.05) is 127 Å². The minimum Gasteiger partial charge on any atom is -0.492 e. The third kappa shape index (κ3) is 16.6. The second kappa shape index (κ2) is 29.7. The van der Waals surface area contributed by atoms with Crippen molar-refractivity contribution in [1.82, 2.24) is 40.5 Å². The molecule has 3 aliphatic rings. The van der Waals surface area contributed by atoms with Gasteiger partial charge in [0.2, 0.25) is 17.7 Å². The second-order valence-corrected chi connectivity index (χ2v) is 23.8. The topological polar surface area (TPSA) is 287 Å². The van der Waals surface area contributed by atoms with Gasteiger partial charge in [-0.2, -0.15) is 0 Å². The monoisotopic (exact) mass is 1220 g/mol. The van der Waals surface area contributed by atoms with E-state index in [4.69, 9.17) is 31.5 Å². The van der Waals surface area contributed by atoms with Gasteiger partial charge in [-0.25, -0.2) is 14.4 Å². The highest BCUT2D eigenvalue weighted by molar-refractivity contribution is 7.19. The molecular weight excluding hydrogens is 1150 g/mol. The Kier molecular flexibility index (Phi) is 22.1. The molecule has 3 aromatic carbocycles. The summed E-state index contributed by atoms with van der Waals surface area (Å²) in [6.45, 7) is 9.91. The first-order chi connectivity index (χ1) is 41.3. The molecule has 3 aliphatic heterocycles. The van der Waals surface area contributed by atoms with Gasteiger partial charge >= 0.3 is 18.2 Å². The van der Waals surface area contributed by atoms with Crippen LogP contribution < -0.4 is 41.4 Å². The van der Waals surface area contributed by atoms with Gasteiger partial charge in [-0.3, -0.25) is 38.6 Å². The number of unbranched alkanes of at least 4 members (excludes halogenated alkanes) is 2. The molecule has 1 saturated heterocycles. The summed E-state index contributed by atoms with van der Waals surface area (Å²) in [4.78, 5) is 129. The fourth-order valence-corrected chi connectivity index (χ4v) is 11.9. The van der Waals surface area contributed by atoms with Gasteiger partial charge in [-0.15, -0.1) is 22.9 Å². The molecule has 0 bridgehead atoms. The lowest BCUT2D eigenvalue weighted by atomic mass is 10.0. The van der Waals surface area contributed by atoms with Crippen LogP contribution in [0.25, 0.3) is 21.0 Å². The molecule has 3 atom stereocenters. The fourth-order valence-electron chi connectivity index (χ4n) is 10.5. The number of nitrogens with two attached hydrogens (primary N) is 1. The first-order valence-electron chi connectivity index (χ1n) is 29.1. The summed E-state index contributed by atoms with van der Waals surface area (Å²) in [5.74, 6) is -1.71. The molecule has 0 aliphatic carbocycles. The number of likely N-dealkylation sites (N-methyl/N-ethyl adjacent to an activating group) is 2. The number of anilines is 2. The number of hydrogen-bond donors (Lipinski definition) is 6. The number of aryl methyl sites for hydroxylation is 1. The Morgan fingerprint density at radius 2 is 1.57 bits per heavy atom. The first-order valence-corrected chi connectivity index (χ1v) is 30.4. The summed E-state index contributed by atoms with van der Waals surface area (Å²) >= 11 is 8.14. The lowest BCUT2D eigenvalue weighted by Gasteiger charge is -2.25. The quantitative estimate of drug-likeness (QED) is 0.0163. The Balaban J connectivity index is 0.811. The maximum absolute atomic E-state index is 14.4. The van der Waals surface area contributed by atoms with Crippen LogP contribution in [0.3, 0.4) is 0 Å². The number of alkyl halides is 1. The molecule has 460 valence electrons. The van der Waals surface area contributed by atoms with Crippen molar-refractivity contribution in [3.8, 4) is 11.5 Å². The van der Waals surface area contributed by atoms with Crippen LogP contribution in [0.15, 0.2) is 72.8 Å². The molecule has 0 spiro atoms. The summed E-state index contributed by atoms with van der Waals surface area (Å²) in [7, 11) is 3.10. The predicted octanol–water partition coefficient (Wildman–Crippen LogP) is 7.35. The molecule has 0 saturated carbocycles. The molecule has 10 amide bonds. The highest BCUT2D eigenvalue weighted by Crippen LogP contribution is 2.49. The van der Waals surface area contributed by atoms with Crippen LogP contribution in [0.5, 0.6) is 11.5 Å². The third-order valence-corrected chi connectivity index (χ3v) is 16.8. The zero-order chi connectivity index (χ0) is 61.6. The summed E-state index contributed by atoms with van der Waals surface area (Å²) in [6, 6.07) is 15.0. The number of aromatic amines is 1. The van der Waals surface area contributed by atoms with Gasteiger partial charge in [-0.1, -0.05) is 32.4 Å². The summed E-state index contributed by atoms with van der Waals surface area (Å²) in [6.07, 6.45) is 5.60. The molecule has 0 radical (unpaired) electrons. The third-order valence-electron chi connectivity index (χ3n) is 15.4. The fraction of sp³-hybridized carbons (Fsp3) is 0.459. The number of thiophene rings is 1. The Hall–Kier alpha value is -8.22. The number of hydrogen-bond acceptors (Lipinski definition) is 14. The van der Waals surface area contributed by atoms with Gasteiger partial charge in [0.15, 0.2) is 0 Å². The van der Waals surface area contributed by atoms with Crippen molar-refractivity contribution in [2.24, 2.45) is 11.7 Å². The first kappa shape index (κ1) is 63.8. The number of ether oxygens (including phenoxy) is 3. The smallest absolute Gasteiger partial charge is 0.415 e. The summed E-state index contributed by atoms with van der Waals surface area (Å²) in [5, 5.41) is 12.4. The molecule has 2 unspecified atom stereocenters. The highest BCUT2D eigenvalue weighted by Gasteiger charge is 2.37. The van der Waals surface area contributed by atoms with E-state index in [0.29, 0.717) is 55.0 Å². The number of imide groups is 1. The SMILES string of the molecule is Cc1cc2c(OC(=O)N(C)CCN(C)C(=O)OCc3ccc(NC(=O)C(CCCNC(N)=O)NC(=O)C(NC(=O)CCCCCN4C(=O)C=CC4=O)C(C)C)cc3)cc3c(c2s1)[C@H](CCl)CN3C(=O)c1cc2cc(OCCN3CCCC3)ccc2[nH]1. The molecule has 7 N–H and O–H groups in total. The highest BCUT2D eigenvalue weighted by atomic mass is 35.5. The number of nitrogens with one attached hydrogen (secondary N) is 5. The zero-order valence-corrected chi connectivity index (χ0v) is 50.7. The lowest BCUT2D eigenvalue weighted by molar-refractivity contribution is -0.137. The van der Waals surface area contributed by atoms with Crippen LogP contribution in [0.4, 0.5) is 25.8 Å². The zero-order valence-electron chi connectivity index (χ0n) is 49.2. The van der Waals surface area contributed by atoms with E-state index in [-0.39, 0.29) is 99.1 Å². The van der Waals surface area contributed by atoms with Gasteiger partial charge in [0.25, 0.3) is 17.7 Å². The molecule has 5 heterocycles. The Bertz CT molecular complexity index is 3320. The van der Waals surface area contributed by atoms with Gasteiger partial charge in [0.05, 0.1) is 5.69 Å². The number of halogens is 1. The normalized spacial score (nSPS) is 15.5. The number of urea groups is 1. The van der Waals surface area contributed by atoms with Crippen LogP contribution in [0.1, 0.15) is 97.6 Å². The molecule has 1 fully saturated rings. The van der Waals surface area contributed by atoms with Crippen LogP contribution in [0, 0.1) is 12.8 Å². The van der Waals surface area contributed by atoms with E-state index in [1.807, 2.05) is 37.3 Å². The van der Waals surface area contributed by atoms with E-state index < -0.39 is 42.1 Å². The predicted molar refractivity (Wildman–Crippen MR) is 328 cm³/mol. The molecule has 2 aromatic heterocycles. The number of benzene rings is 3. The van der Waals surface area contributed by atoms with Crippen molar-refractivity contribution in [3.05, 3.63) is 94.5 Å². The Labute approximate surface area is 508 Å². The lowest BCUT2D eigenvalue weighted by Crippen LogP contribution is -2.54. The second-order valence-electron chi connectivity index (χ2n) is 22.2. The van der Waals surface area contributed by atoms with E-state index in [2.05, 4.69) is 31.2 Å². The van der Waals surface area contributed by atoms with Crippen LogP contribution in [0.2, 0.25) is 0 Å². The van der Waals surface area contributed by atoms with Crippen molar-refractivity contribution in [2.45, 2.75) is 96.7 Å². The number of fused-ring (bicyclic) bond motifs is 4. The number of H-pyrrole nitrogens is 1. The number of carbonyl (C=O) groups excluding carboxylic acids is 9. The molecule has 5 aromatic rings. The number of carbonyl (C=O) groups is 9. The van der Waals surface area contributed by atoms with E-state index in [1.165, 1.54) is 41.8 Å². The van der Waals surface area contributed by atoms with Crippen molar-refractivity contribution in [1.29, 1.82) is 0 Å². The van der Waals surface area contributed by atoms with Gasteiger partial charge in [-0.05, 0) is 112 Å². The van der Waals surface area contributed by atoms with Crippen LogP contribution >= 0.6 is 22.9 Å². The molecule has 8 rings (SSSR count). The van der Waals surface area contributed by atoms with Crippen molar-refractivity contribution >= 4 is 109 Å². The van der Waals surface area contributed by atoms with E-state index in [1.54, 1.807) is 67.5 Å². The van der Waals surface area contributed by atoms with Crippen LogP contribution in [-0.2, 0) is 35.3 Å². The minimum absolute atomic E-state index is 0.0879. The number of nitrogens with zero attached hydrogens (tertiary/aromatic N) is 5. The van der Waals surface area contributed by atoms with Gasteiger partial charge < -0.3 is 60.9 Å². The van der Waals surface area contributed by atoms with E-state index >= 15 is 0 Å². The van der Waals surface area contributed by atoms with Gasteiger partial charge in [0.1, 0.15) is 42.5 Å². The molecule has 23 nitrogen and oxygen atoms in total. The van der Waals surface area contributed by atoms with E-state index in [9.17, 15) is 43.2 Å². The maximum atomic E-state index is 14.4. The van der Waals surface area contributed by atoms with E-state index in [0.717, 1.165) is 61.7 Å². The largest absolute Gasteiger partial charge is 0.492 e. The number of aromatic nitrogens is 1. The molecular formula is C61H76ClN11O12S. The number of likely N-dealkylation sites (tertiary alicyclic amines) is 1. The Morgan fingerprint density at radius 1 is 0.849 bits per heavy atom. The molecule has 86 heavy (non-hydrogen) atoms. The number of amides is 10. The van der Waals surface area contributed by atoms with Crippen molar-refractivity contribution in [3.63, 3.8) is 0 Å². The van der Waals surface area contributed by atoms with Crippen molar-refractivity contribution in [2.75, 3.05) is 89.2 Å². The standard InChI is InChI=1S/C61H76ClN11O12S/c1-37(2)54(68-50(74)13-7-6-8-25-72-51(75)20-21-52(72)76)57(78)67-46(12-11-22-64-59(63)80)56(77)65-42-16-14-39(15-17-42)36-84-60(81)69(4)26-27-70(5)61(82)85-49-33-48-53(55-44(49)30-38(3)86-55)41(34-62)35-73(48)58(79)47-32-40-31-43(18-19-45(40)66-47)83-29-28-71-23-9-10-24-71/h14-21,30-33,37,41,46,54,66H,6-13,22-29,34-36H2,1-5H3,(H,65,77)(H,67,78)(H,68,74)(H3,63,64,80)/t41-,46?,54?/m1/s1. The maximum Gasteiger partial charge on any atom is 0.415 e. The summed E-state index contributed by atoms with van der Waals surface area (Å²) < 4.78 is 18.6. The Morgan fingerprint density at radius 3 is 2.27 bits per heavy atom. The number of primary amides is 1. The average Bonchev–Trinajstić information content (AvgIpc) is 1.69. The minimum atomic E-state index is -1.08. The van der Waals surface area contributed by atoms with Crippen LogP contribution in [-0.4, -0.2) is 169 Å². The molecule has 25 heteroatoms. The average molecular weight is 1220 g/mol.